The minimum atomic E-state index is -3.85. The van der Waals surface area contributed by atoms with Crippen molar-refractivity contribution in [3.05, 3.63) is 0 Å². The monoisotopic (exact) mass is 180 g/mol. The minimum Gasteiger partial charge on any atom is -0.373 e. The Morgan fingerprint density at radius 3 is 2.55 bits per heavy atom. The molecule has 1 heterocycles. The average Bonchev–Trinajstić information content (AvgIpc) is 2.62. The fourth-order valence-corrected chi connectivity index (χ4v) is 1.88. The molecule has 1 rings (SSSR count). The maximum atomic E-state index is 10.6. The Morgan fingerprint density at radius 1 is 1.73 bits per heavy atom. The highest BCUT2D eigenvalue weighted by molar-refractivity contribution is 7.86. The molecule has 66 valence electrons. The van der Waals surface area contributed by atoms with E-state index in [4.69, 9.17) is 9.29 Å². The van der Waals surface area contributed by atoms with Gasteiger partial charge in [0.05, 0.1) is 18.0 Å². The van der Waals surface area contributed by atoms with E-state index in [1.54, 1.807) is 6.92 Å². The zero-order chi connectivity index (χ0) is 8.48. The average molecular weight is 180 g/mol. The van der Waals surface area contributed by atoms with Crippen LogP contribution in [0.2, 0.25) is 0 Å². The number of rotatable bonds is 4. The predicted octanol–water partition coefficient (Wildman–Crippen LogP) is 0.442. The smallest absolute Gasteiger partial charge is 0.267 e. The Morgan fingerprint density at radius 2 is 2.27 bits per heavy atom. The molecule has 1 saturated heterocycles. The molecule has 5 heteroatoms. The lowest BCUT2D eigenvalue weighted by Crippen LogP contribution is -2.21. The molecule has 1 N–H and O–H groups in total. The van der Waals surface area contributed by atoms with Crippen LogP contribution in [0, 0.1) is 0 Å². The molecule has 0 aromatic rings. The van der Waals surface area contributed by atoms with E-state index in [2.05, 4.69) is 0 Å². The summed E-state index contributed by atoms with van der Waals surface area (Å²) in [7, 11) is -3.85. The lowest BCUT2D eigenvalue weighted by Gasteiger charge is -2.08. The summed E-state index contributed by atoms with van der Waals surface area (Å²) >= 11 is 0. The Bertz CT molecular complexity index is 217. The molecule has 0 spiro atoms. The van der Waals surface area contributed by atoms with Crippen molar-refractivity contribution in [2.45, 2.75) is 31.1 Å². The summed E-state index contributed by atoms with van der Waals surface area (Å²) in [6.45, 7) is 2.37. The molecule has 4 nitrogen and oxygen atoms in total. The van der Waals surface area contributed by atoms with Crippen molar-refractivity contribution >= 4 is 10.1 Å². The first-order chi connectivity index (χ1) is 5.04. The van der Waals surface area contributed by atoms with Gasteiger partial charge in [-0.25, -0.2) is 0 Å². The molecule has 2 atom stereocenters. The van der Waals surface area contributed by atoms with Gasteiger partial charge in [0.2, 0.25) is 0 Å². The van der Waals surface area contributed by atoms with Crippen molar-refractivity contribution in [1.29, 1.82) is 0 Å². The van der Waals surface area contributed by atoms with Gasteiger partial charge in [-0.05, 0) is 12.8 Å². The van der Waals surface area contributed by atoms with Gasteiger partial charge in [0.15, 0.2) is 0 Å². The number of epoxide rings is 1. The van der Waals surface area contributed by atoms with Gasteiger partial charge >= 0.3 is 0 Å². The second-order valence-electron chi connectivity index (χ2n) is 2.74. The molecule has 1 aliphatic rings. The molecule has 1 fully saturated rings. The summed E-state index contributed by atoms with van der Waals surface area (Å²) < 4.78 is 34.8. The van der Waals surface area contributed by atoms with Crippen molar-refractivity contribution in [2.75, 3.05) is 6.61 Å². The van der Waals surface area contributed by atoms with Crippen LogP contribution >= 0.6 is 0 Å². The maximum Gasteiger partial charge on any atom is 0.267 e. The second kappa shape index (κ2) is 3.08. The van der Waals surface area contributed by atoms with E-state index in [-0.39, 0.29) is 6.10 Å². The third-order valence-electron chi connectivity index (χ3n) is 1.80. The Hall–Kier alpha value is -0.130. The molecule has 0 amide bonds. The van der Waals surface area contributed by atoms with Crippen LogP contribution in [0.1, 0.15) is 19.8 Å². The summed E-state index contributed by atoms with van der Waals surface area (Å²) in [5.74, 6) is 0. The summed E-state index contributed by atoms with van der Waals surface area (Å²) in [6.07, 6.45) is 0.926. The molecule has 2 unspecified atom stereocenters. The fourth-order valence-electron chi connectivity index (χ4n) is 0.996. The Balaban J connectivity index is 2.48. The van der Waals surface area contributed by atoms with Gasteiger partial charge in [0, 0.05) is 0 Å². The zero-order valence-corrected chi connectivity index (χ0v) is 7.17. The van der Waals surface area contributed by atoms with Gasteiger partial charge in [0.25, 0.3) is 10.1 Å². The summed E-state index contributed by atoms with van der Waals surface area (Å²) in [5.41, 5.74) is 0. The molecule has 0 bridgehead atoms. The van der Waals surface area contributed by atoms with Crippen molar-refractivity contribution in [3.8, 4) is 0 Å². The summed E-state index contributed by atoms with van der Waals surface area (Å²) in [6, 6.07) is 0. The molecule has 0 saturated carbocycles. The van der Waals surface area contributed by atoms with E-state index in [1.807, 2.05) is 0 Å². The quantitative estimate of drug-likeness (QED) is 0.503. The van der Waals surface area contributed by atoms with E-state index in [0.29, 0.717) is 19.4 Å². The van der Waals surface area contributed by atoms with Crippen LogP contribution < -0.4 is 0 Å². The van der Waals surface area contributed by atoms with E-state index in [9.17, 15) is 8.42 Å². The molecule has 0 aromatic heterocycles. The molecular weight excluding hydrogens is 168 g/mol. The first-order valence-corrected chi connectivity index (χ1v) is 5.12. The number of ether oxygens (including phenoxy) is 1. The SMILES string of the molecule is CCC(CC1CO1)S(=O)(=O)O. The third kappa shape index (κ3) is 2.76. The van der Waals surface area contributed by atoms with Gasteiger partial charge in [-0.15, -0.1) is 0 Å². The lowest BCUT2D eigenvalue weighted by atomic mass is 10.2. The van der Waals surface area contributed by atoms with Gasteiger partial charge in [-0.2, -0.15) is 8.42 Å². The normalized spacial score (nSPS) is 26.5. The summed E-state index contributed by atoms with van der Waals surface area (Å²) in [4.78, 5) is 0. The van der Waals surface area contributed by atoms with Crippen LogP contribution in [-0.4, -0.2) is 30.9 Å². The van der Waals surface area contributed by atoms with Gasteiger partial charge < -0.3 is 4.74 Å². The summed E-state index contributed by atoms with van der Waals surface area (Å²) in [5, 5.41) is -0.644. The second-order valence-corrected chi connectivity index (χ2v) is 4.43. The van der Waals surface area contributed by atoms with Gasteiger partial charge in [-0.3, -0.25) is 4.55 Å². The van der Waals surface area contributed by atoms with Crippen LogP contribution in [0.15, 0.2) is 0 Å². The molecule has 11 heavy (non-hydrogen) atoms. The van der Waals surface area contributed by atoms with Gasteiger partial charge in [-0.1, -0.05) is 6.92 Å². The minimum absolute atomic E-state index is 0.0573. The standard InChI is InChI=1S/C6H12O4S/c1-2-6(11(7,8)9)3-5-4-10-5/h5-6H,2-4H2,1H3,(H,7,8,9). The van der Waals surface area contributed by atoms with E-state index in [1.165, 1.54) is 0 Å². The largest absolute Gasteiger partial charge is 0.373 e. The number of hydrogen-bond donors (Lipinski definition) is 1. The Kier molecular flexibility index (Phi) is 2.51. The van der Waals surface area contributed by atoms with Crippen LogP contribution in [-0.2, 0) is 14.9 Å². The molecular formula is C6H12O4S. The highest BCUT2D eigenvalue weighted by Gasteiger charge is 2.31. The number of hydrogen-bond acceptors (Lipinski definition) is 3. The van der Waals surface area contributed by atoms with E-state index < -0.39 is 15.4 Å². The van der Waals surface area contributed by atoms with Gasteiger partial charge in [0.1, 0.15) is 0 Å². The van der Waals surface area contributed by atoms with Crippen molar-refractivity contribution in [3.63, 3.8) is 0 Å². The van der Waals surface area contributed by atoms with Crippen molar-refractivity contribution in [1.82, 2.24) is 0 Å². The molecule has 0 aliphatic carbocycles. The first-order valence-electron chi connectivity index (χ1n) is 3.62. The zero-order valence-electron chi connectivity index (χ0n) is 6.36. The first kappa shape index (κ1) is 8.96. The van der Waals surface area contributed by atoms with Crippen LogP contribution in [0.4, 0.5) is 0 Å². The van der Waals surface area contributed by atoms with Crippen molar-refractivity contribution < 1.29 is 17.7 Å². The van der Waals surface area contributed by atoms with Crippen molar-refractivity contribution in [2.24, 2.45) is 0 Å². The van der Waals surface area contributed by atoms with E-state index >= 15 is 0 Å². The predicted molar refractivity (Wildman–Crippen MR) is 40.0 cm³/mol. The van der Waals surface area contributed by atoms with Crippen LogP contribution in [0.3, 0.4) is 0 Å². The molecule has 0 radical (unpaired) electrons. The topological polar surface area (TPSA) is 66.9 Å². The van der Waals surface area contributed by atoms with E-state index in [0.717, 1.165) is 0 Å². The van der Waals surface area contributed by atoms with Crippen LogP contribution in [0.25, 0.3) is 0 Å². The lowest BCUT2D eigenvalue weighted by molar-refractivity contribution is 0.381. The third-order valence-corrected chi connectivity index (χ3v) is 3.17. The van der Waals surface area contributed by atoms with Crippen LogP contribution in [0.5, 0.6) is 0 Å². The Labute approximate surface area is 66.3 Å². The maximum absolute atomic E-state index is 10.6. The highest BCUT2D eigenvalue weighted by Crippen LogP contribution is 2.20. The molecule has 0 aromatic carbocycles. The molecule has 1 aliphatic heterocycles. The highest BCUT2D eigenvalue weighted by atomic mass is 32.2. The fraction of sp³-hybridized carbons (Fsp3) is 1.00.